The number of carbonyl (C=O) groups is 1. The smallest absolute Gasteiger partial charge is 0.259 e. The first kappa shape index (κ1) is 19.4. The maximum atomic E-state index is 12.9. The lowest BCUT2D eigenvalue weighted by Gasteiger charge is -2.27. The van der Waals surface area contributed by atoms with Crippen molar-refractivity contribution in [2.24, 2.45) is 0 Å². The molecule has 6 nitrogen and oxygen atoms in total. The van der Waals surface area contributed by atoms with Crippen molar-refractivity contribution in [3.05, 3.63) is 52.6 Å². The van der Waals surface area contributed by atoms with Gasteiger partial charge in [0, 0.05) is 25.0 Å². The van der Waals surface area contributed by atoms with Crippen LogP contribution < -0.4 is 10.1 Å². The number of rotatable bonds is 4. The molecule has 0 spiro atoms. The minimum Gasteiger partial charge on any atom is -0.496 e. The van der Waals surface area contributed by atoms with E-state index in [-0.39, 0.29) is 16.4 Å². The van der Waals surface area contributed by atoms with Crippen LogP contribution in [0.15, 0.2) is 35.2 Å². The average Bonchev–Trinajstić information content (AvgIpc) is 2.60. The van der Waals surface area contributed by atoms with Gasteiger partial charge in [-0.3, -0.25) is 4.79 Å². The highest BCUT2D eigenvalue weighted by molar-refractivity contribution is 7.90. The van der Waals surface area contributed by atoms with Crippen LogP contribution in [0.3, 0.4) is 0 Å². The van der Waals surface area contributed by atoms with Crippen molar-refractivity contribution in [3.8, 4) is 5.75 Å². The summed E-state index contributed by atoms with van der Waals surface area (Å²) in [5.74, 6) is -0.0361. The van der Waals surface area contributed by atoms with Gasteiger partial charge in [-0.25, -0.2) is 8.42 Å². The molecule has 0 aliphatic carbocycles. The van der Waals surface area contributed by atoms with E-state index in [1.165, 1.54) is 18.7 Å². The third-order valence-electron chi connectivity index (χ3n) is 4.85. The highest BCUT2D eigenvalue weighted by Crippen LogP contribution is 2.29. The molecule has 7 heteroatoms. The van der Waals surface area contributed by atoms with Gasteiger partial charge in [-0.05, 0) is 55.3 Å². The van der Waals surface area contributed by atoms with E-state index in [2.05, 4.69) is 23.3 Å². The zero-order valence-electron chi connectivity index (χ0n) is 16.0. The zero-order valence-corrected chi connectivity index (χ0v) is 16.8. The van der Waals surface area contributed by atoms with Crippen molar-refractivity contribution in [1.29, 1.82) is 0 Å². The van der Waals surface area contributed by atoms with Crippen LogP contribution in [0.1, 0.15) is 27.0 Å². The van der Waals surface area contributed by atoms with Gasteiger partial charge in [0.15, 0.2) is 9.84 Å². The number of methoxy groups -OCH3 is 1. The molecule has 1 amide bonds. The van der Waals surface area contributed by atoms with Crippen LogP contribution in [0, 0.1) is 6.92 Å². The molecule has 1 N–H and O–H groups in total. The van der Waals surface area contributed by atoms with Gasteiger partial charge in [0.1, 0.15) is 5.75 Å². The highest BCUT2D eigenvalue weighted by Gasteiger charge is 2.22. The molecule has 1 aliphatic rings. The van der Waals surface area contributed by atoms with Crippen molar-refractivity contribution < 1.29 is 17.9 Å². The number of sulfone groups is 1. The maximum absolute atomic E-state index is 12.9. The fourth-order valence-electron chi connectivity index (χ4n) is 3.46. The van der Waals surface area contributed by atoms with Gasteiger partial charge in [-0.1, -0.05) is 12.1 Å². The van der Waals surface area contributed by atoms with Crippen molar-refractivity contribution in [1.82, 2.24) is 4.90 Å². The van der Waals surface area contributed by atoms with E-state index >= 15 is 0 Å². The van der Waals surface area contributed by atoms with Crippen LogP contribution in [0.5, 0.6) is 5.75 Å². The maximum Gasteiger partial charge on any atom is 0.259 e. The summed E-state index contributed by atoms with van der Waals surface area (Å²) >= 11 is 0. The summed E-state index contributed by atoms with van der Waals surface area (Å²) in [6.07, 6.45) is 1.98. The second kappa shape index (κ2) is 7.32. The third kappa shape index (κ3) is 3.99. The second-order valence-electron chi connectivity index (χ2n) is 6.98. The Morgan fingerprint density at radius 1 is 1.26 bits per heavy atom. The minimum absolute atomic E-state index is 0.130. The Morgan fingerprint density at radius 2 is 2.00 bits per heavy atom. The van der Waals surface area contributed by atoms with Crippen LogP contribution >= 0.6 is 0 Å². The number of nitrogens with one attached hydrogen (secondary N) is 1. The molecule has 0 radical (unpaired) electrons. The Balaban J connectivity index is 1.99. The van der Waals surface area contributed by atoms with Crippen LogP contribution in [0.2, 0.25) is 0 Å². The van der Waals surface area contributed by atoms with Gasteiger partial charge in [0.25, 0.3) is 5.91 Å². The minimum atomic E-state index is -3.45. The fourth-order valence-corrected chi connectivity index (χ4v) is 4.44. The Bertz CT molecular complexity index is 999. The van der Waals surface area contributed by atoms with Crippen molar-refractivity contribution >= 4 is 21.4 Å². The number of anilines is 1. The molecule has 0 saturated carbocycles. The van der Waals surface area contributed by atoms with Crippen molar-refractivity contribution in [2.75, 3.05) is 32.3 Å². The van der Waals surface area contributed by atoms with Gasteiger partial charge in [0.05, 0.1) is 17.6 Å². The molecule has 144 valence electrons. The summed E-state index contributed by atoms with van der Waals surface area (Å²) in [5.41, 5.74) is 3.82. The molecule has 0 aromatic heterocycles. The van der Waals surface area contributed by atoms with E-state index < -0.39 is 9.84 Å². The summed E-state index contributed by atoms with van der Waals surface area (Å²) in [4.78, 5) is 15.3. The van der Waals surface area contributed by atoms with Crippen LogP contribution in [0.25, 0.3) is 0 Å². The third-order valence-corrected chi connectivity index (χ3v) is 6.08. The van der Waals surface area contributed by atoms with Gasteiger partial charge >= 0.3 is 0 Å². The monoisotopic (exact) mass is 388 g/mol. The molecule has 2 aromatic carbocycles. The molecule has 0 saturated heterocycles. The second-order valence-corrected chi connectivity index (χ2v) is 8.96. The molecular formula is C20H24N2O4S. The predicted molar refractivity (Wildman–Crippen MR) is 105 cm³/mol. The first-order valence-corrected chi connectivity index (χ1v) is 10.6. The Hall–Kier alpha value is -2.38. The largest absolute Gasteiger partial charge is 0.496 e. The number of ether oxygens (including phenoxy) is 1. The fraction of sp³-hybridized carbons (Fsp3) is 0.350. The number of hydrogen-bond donors (Lipinski definition) is 1. The number of hydrogen-bond acceptors (Lipinski definition) is 5. The summed E-state index contributed by atoms with van der Waals surface area (Å²) < 4.78 is 29.4. The van der Waals surface area contributed by atoms with E-state index in [0.717, 1.165) is 37.0 Å². The van der Waals surface area contributed by atoms with E-state index in [1.54, 1.807) is 13.0 Å². The number of amides is 1. The summed E-state index contributed by atoms with van der Waals surface area (Å²) in [5, 5.41) is 2.94. The number of benzene rings is 2. The van der Waals surface area contributed by atoms with E-state index in [4.69, 9.17) is 4.74 Å². The summed E-state index contributed by atoms with van der Waals surface area (Å²) in [7, 11) is 0.0828. The molecular weight excluding hydrogens is 364 g/mol. The molecule has 27 heavy (non-hydrogen) atoms. The molecule has 0 atom stereocenters. The zero-order chi connectivity index (χ0) is 19.8. The number of likely N-dealkylation sites (N-methyl/N-ethyl adjacent to an activating group) is 1. The van der Waals surface area contributed by atoms with E-state index in [9.17, 15) is 13.2 Å². The van der Waals surface area contributed by atoms with Gasteiger partial charge < -0.3 is 15.0 Å². The molecule has 3 rings (SSSR count). The molecule has 1 heterocycles. The number of aryl methyl sites for hydroxylation is 1. The van der Waals surface area contributed by atoms with E-state index in [0.29, 0.717) is 11.3 Å². The Morgan fingerprint density at radius 3 is 2.67 bits per heavy atom. The topological polar surface area (TPSA) is 75.7 Å². The average molecular weight is 388 g/mol. The quantitative estimate of drug-likeness (QED) is 0.871. The van der Waals surface area contributed by atoms with Crippen LogP contribution in [0.4, 0.5) is 5.69 Å². The first-order valence-electron chi connectivity index (χ1n) is 8.70. The molecule has 0 unspecified atom stereocenters. The standard InChI is InChI=1S/C20H24N2O4S/c1-13-10-18(26-3)16(11-19(13)27(4,24)25)20(23)21-17-7-5-6-14-12-22(2)9-8-15(14)17/h5-7,10-11H,8-9,12H2,1-4H3,(H,21,23). The van der Waals surface area contributed by atoms with Gasteiger partial charge in [-0.15, -0.1) is 0 Å². The highest BCUT2D eigenvalue weighted by atomic mass is 32.2. The van der Waals surface area contributed by atoms with Crippen molar-refractivity contribution in [3.63, 3.8) is 0 Å². The number of nitrogens with zero attached hydrogens (tertiary/aromatic N) is 1. The lowest BCUT2D eigenvalue weighted by Crippen LogP contribution is -2.27. The van der Waals surface area contributed by atoms with Gasteiger partial charge in [-0.2, -0.15) is 0 Å². The molecule has 1 aliphatic heterocycles. The first-order chi connectivity index (χ1) is 12.7. The molecule has 0 fully saturated rings. The molecule has 0 bridgehead atoms. The normalized spacial score (nSPS) is 14.5. The Kier molecular flexibility index (Phi) is 5.26. The predicted octanol–water partition coefficient (Wildman–Crippen LogP) is 2.65. The molecule has 2 aromatic rings. The number of fused-ring (bicyclic) bond motifs is 1. The lowest BCUT2D eigenvalue weighted by atomic mass is 9.98. The van der Waals surface area contributed by atoms with Crippen molar-refractivity contribution in [2.45, 2.75) is 24.8 Å². The lowest BCUT2D eigenvalue weighted by molar-refractivity contribution is 0.102. The van der Waals surface area contributed by atoms with Gasteiger partial charge in [0.2, 0.25) is 0 Å². The van der Waals surface area contributed by atoms with E-state index in [1.807, 2.05) is 12.1 Å². The van der Waals surface area contributed by atoms with Crippen LogP contribution in [-0.2, 0) is 22.8 Å². The SMILES string of the molecule is COc1cc(C)c(S(C)(=O)=O)cc1C(=O)Nc1cccc2c1CCN(C)C2. The summed E-state index contributed by atoms with van der Waals surface area (Å²) in [6, 6.07) is 8.83. The Labute approximate surface area is 160 Å². The number of carbonyl (C=O) groups excluding carboxylic acids is 1. The summed E-state index contributed by atoms with van der Waals surface area (Å²) in [6.45, 7) is 3.45. The van der Waals surface area contributed by atoms with Crippen LogP contribution in [-0.4, -0.2) is 46.2 Å².